The molecule has 0 spiro atoms. The van der Waals surface area contributed by atoms with Gasteiger partial charge in [0, 0.05) is 43.9 Å². The van der Waals surface area contributed by atoms with E-state index in [0.717, 1.165) is 22.6 Å². The SMILES string of the molecule is Cc1c2c(c3cccc4c3c1-c1ccccc1-4)OC(c1ccc(C3CCCCC3)cc1)(c1ccc(-n3c4ccccc4c4ccccc43)cc1)C=C2. The van der Waals surface area contributed by atoms with Crippen LogP contribution in [-0.4, -0.2) is 4.57 Å². The van der Waals surface area contributed by atoms with Crippen LogP contribution in [0, 0.1) is 6.92 Å². The highest BCUT2D eigenvalue weighted by Crippen LogP contribution is 2.55. The monoisotopic (exact) mass is 669 g/mol. The van der Waals surface area contributed by atoms with E-state index in [2.05, 4.69) is 163 Å². The maximum Gasteiger partial charge on any atom is 0.178 e. The van der Waals surface area contributed by atoms with Gasteiger partial charge in [0.05, 0.1) is 11.0 Å². The smallest absolute Gasteiger partial charge is 0.178 e. The second-order valence-electron chi connectivity index (χ2n) is 15.1. The first-order chi connectivity index (χ1) is 25.7. The van der Waals surface area contributed by atoms with Crippen LogP contribution in [-0.2, 0) is 5.60 Å². The van der Waals surface area contributed by atoms with Crippen LogP contribution in [0.5, 0.6) is 5.75 Å². The van der Waals surface area contributed by atoms with Crippen LogP contribution in [0.25, 0.3) is 66.6 Å². The molecule has 1 aliphatic heterocycles. The predicted molar refractivity (Wildman–Crippen MR) is 217 cm³/mol. The normalized spacial score (nSPS) is 17.8. The zero-order valence-corrected chi connectivity index (χ0v) is 29.4. The van der Waals surface area contributed by atoms with Crippen LogP contribution in [0.3, 0.4) is 0 Å². The molecule has 250 valence electrons. The van der Waals surface area contributed by atoms with Crippen LogP contribution in [0.1, 0.15) is 65.8 Å². The molecule has 1 saturated carbocycles. The molecule has 1 unspecified atom stereocenters. The van der Waals surface area contributed by atoms with E-state index in [1.165, 1.54) is 104 Å². The molecular weight excluding hydrogens is 631 g/mol. The van der Waals surface area contributed by atoms with Crippen molar-refractivity contribution in [2.45, 2.75) is 50.5 Å². The summed E-state index contributed by atoms with van der Waals surface area (Å²) in [6.45, 7) is 2.27. The topological polar surface area (TPSA) is 14.2 Å². The van der Waals surface area contributed by atoms with E-state index >= 15 is 0 Å². The number of nitrogens with zero attached hydrogens (tertiary/aromatic N) is 1. The summed E-state index contributed by atoms with van der Waals surface area (Å²) in [5.74, 6) is 1.62. The lowest BCUT2D eigenvalue weighted by Crippen LogP contribution is -2.34. The molecule has 1 fully saturated rings. The third-order valence-corrected chi connectivity index (χ3v) is 12.4. The van der Waals surface area contributed by atoms with E-state index in [4.69, 9.17) is 4.74 Å². The summed E-state index contributed by atoms with van der Waals surface area (Å²) < 4.78 is 9.97. The number of hydrogen-bond donors (Lipinski definition) is 0. The Morgan fingerprint density at radius 2 is 1.17 bits per heavy atom. The average molecular weight is 670 g/mol. The molecule has 2 heterocycles. The summed E-state index contributed by atoms with van der Waals surface area (Å²) in [6, 6.07) is 51.5. The number of fused-ring (bicyclic) bond motifs is 8. The van der Waals surface area contributed by atoms with Gasteiger partial charge >= 0.3 is 0 Å². The summed E-state index contributed by atoms with van der Waals surface area (Å²) in [5, 5.41) is 5.02. The van der Waals surface area contributed by atoms with Gasteiger partial charge in [-0.25, -0.2) is 0 Å². The van der Waals surface area contributed by atoms with Crippen molar-refractivity contribution in [1.29, 1.82) is 0 Å². The number of para-hydroxylation sites is 2. The number of aromatic nitrogens is 1. The number of ether oxygens (including phenoxy) is 1. The maximum atomic E-state index is 7.59. The van der Waals surface area contributed by atoms with Gasteiger partial charge in [-0.1, -0.05) is 141 Å². The quantitative estimate of drug-likeness (QED) is 0.182. The Morgan fingerprint density at radius 3 is 1.88 bits per heavy atom. The first-order valence-corrected chi connectivity index (χ1v) is 19.0. The number of hydrogen-bond acceptors (Lipinski definition) is 1. The molecule has 0 saturated heterocycles. The van der Waals surface area contributed by atoms with E-state index in [1.807, 2.05) is 0 Å². The van der Waals surface area contributed by atoms with Crippen molar-refractivity contribution in [3.63, 3.8) is 0 Å². The molecule has 0 bridgehead atoms. The first kappa shape index (κ1) is 29.8. The molecule has 1 atom stereocenters. The molecule has 3 aliphatic rings. The van der Waals surface area contributed by atoms with Crippen molar-refractivity contribution in [2.24, 2.45) is 0 Å². The molecule has 7 aromatic carbocycles. The van der Waals surface area contributed by atoms with E-state index in [0.29, 0.717) is 5.92 Å². The summed E-state index contributed by atoms with van der Waals surface area (Å²) >= 11 is 0. The van der Waals surface area contributed by atoms with Crippen LogP contribution in [0.15, 0.2) is 146 Å². The Morgan fingerprint density at radius 1 is 0.577 bits per heavy atom. The molecule has 2 aliphatic carbocycles. The summed E-state index contributed by atoms with van der Waals surface area (Å²) in [5.41, 5.74) is 14.2. The summed E-state index contributed by atoms with van der Waals surface area (Å²) in [6.07, 6.45) is 11.3. The highest BCUT2D eigenvalue weighted by atomic mass is 16.5. The van der Waals surface area contributed by atoms with Crippen LogP contribution >= 0.6 is 0 Å². The predicted octanol–water partition coefficient (Wildman–Crippen LogP) is 13.3. The average Bonchev–Trinajstić information content (AvgIpc) is 3.74. The maximum absolute atomic E-state index is 7.59. The standard InChI is InChI=1S/C50H39NO/c1-32-38-30-31-50(35-24-22-34(23-25-35)33-12-3-2-4-13-33,52-49(38)44-19-11-18-43-39-14-5-6-17-42(39)47(32)48(43)44)36-26-28-37(29-27-36)51-45-20-9-7-15-40(45)41-16-8-10-21-46(41)51/h5-11,14-31,33H,2-4,12-13H2,1H3. The van der Waals surface area contributed by atoms with Gasteiger partial charge in [0.2, 0.25) is 0 Å². The van der Waals surface area contributed by atoms with E-state index < -0.39 is 5.60 Å². The molecule has 8 aromatic rings. The van der Waals surface area contributed by atoms with Gasteiger partial charge in [-0.2, -0.15) is 0 Å². The fraction of sp³-hybridized carbons (Fsp3) is 0.160. The summed E-state index contributed by atoms with van der Waals surface area (Å²) in [7, 11) is 0. The molecule has 2 nitrogen and oxygen atoms in total. The van der Waals surface area contributed by atoms with Crippen LogP contribution in [0.2, 0.25) is 0 Å². The van der Waals surface area contributed by atoms with Crippen molar-refractivity contribution in [1.82, 2.24) is 4.57 Å². The Hall–Kier alpha value is -5.86. The minimum absolute atomic E-state index is 0.652. The van der Waals surface area contributed by atoms with Gasteiger partial charge in [0.25, 0.3) is 0 Å². The molecule has 52 heavy (non-hydrogen) atoms. The highest BCUT2D eigenvalue weighted by Gasteiger charge is 2.40. The van der Waals surface area contributed by atoms with E-state index in [1.54, 1.807) is 0 Å². The second kappa shape index (κ2) is 11.3. The third-order valence-electron chi connectivity index (χ3n) is 12.4. The van der Waals surface area contributed by atoms with Crippen LogP contribution in [0.4, 0.5) is 0 Å². The molecular formula is C50H39NO. The molecule has 0 N–H and O–H groups in total. The van der Waals surface area contributed by atoms with Gasteiger partial charge in [0.15, 0.2) is 5.60 Å². The Balaban J connectivity index is 1.09. The van der Waals surface area contributed by atoms with Crippen molar-refractivity contribution < 1.29 is 4.74 Å². The lowest BCUT2D eigenvalue weighted by atomic mass is 9.80. The first-order valence-electron chi connectivity index (χ1n) is 19.0. The van der Waals surface area contributed by atoms with Gasteiger partial charge in [-0.3, -0.25) is 0 Å². The number of benzene rings is 7. The molecule has 0 radical (unpaired) electrons. The lowest BCUT2D eigenvalue weighted by molar-refractivity contribution is 0.163. The van der Waals surface area contributed by atoms with E-state index in [9.17, 15) is 0 Å². The fourth-order valence-corrected chi connectivity index (χ4v) is 9.83. The Labute approximate surface area is 304 Å². The summed E-state index contributed by atoms with van der Waals surface area (Å²) in [4.78, 5) is 0. The fourth-order valence-electron chi connectivity index (χ4n) is 9.83. The molecule has 2 heteroatoms. The van der Waals surface area contributed by atoms with E-state index in [-0.39, 0.29) is 0 Å². The van der Waals surface area contributed by atoms with Crippen molar-refractivity contribution in [2.75, 3.05) is 0 Å². The highest BCUT2D eigenvalue weighted by molar-refractivity contribution is 6.19. The molecule has 11 rings (SSSR count). The van der Waals surface area contributed by atoms with Crippen molar-refractivity contribution in [3.8, 4) is 33.7 Å². The second-order valence-corrected chi connectivity index (χ2v) is 15.1. The van der Waals surface area contributed by atoms with Gasteiger partial charge in [0.1, 0.15) is 5.75 Å². The molecule has 0 amide bonds. The Bertz CT molecular complexity index is 2690. The van der Waals surface area contributed by atoms with Crippen molar-refractivity contribution in [3.05, 3.63) is 173 Å². The van der Waals surface area contributed by atoms with Gasteiger partial charge in [-0.05, 0) is 89.4 Å². The lowest BCUT2D eigenvalue weighted by Gasteiger charge is -2.37. The molecule has 1 aromatic heterocycles. The largest absolute Gasteiger partial charge is 0.472 e. The van der Waals surface area contributed by atoms with Crippen LogP contribution < -0.4 is 4.74 Å². The van der Waals surface area contributed by atoms with Gasteiger partial charge in [-0.15, -0.1) is 0 Å². The minimum atomic E-state index is -0.796. The zero-order chi connectivity index (χ0) is 34.4. The minimum Gasteiger partial charge on any atom is -0.472 e. The number of rotatable bonds is 4. The third kappa shape index (κ3) is 4.18. The Kier molecular flexibility index (Phi) is 6.49. The van der Waals surface area contributed by atoms with Gasteiger partial charge < -0.3 is 9.30 Å². The zero-order valence-electron chi connectivity index (χ0n) is 29.4. The van der Waals surface area contributed by atoms with Crippen molar-refractivity contribution >= 4 is 38.7 Å².